The number of carbonyl (C=O) groups excluding carboxylic acids is 1. The number of carbonyl (C=O) groups is 2. The number of hydrogen-bond acceptors (Lipinski definition) is 5. The molecule has 0 unspecified atom stereocenters. The van der Waals surface area contributed by atoms with Gasteiger partial charge in [0.1, 0.15) is 11.6 Å². The first-order valence-corrected chi connectivity index (χ1v) is 10.7. The molecule has 0 radical (unpaired) electrons. The van der Waals surface area contributed by atoms with Crippen molar-refractivity contribution >= 4 is 29.1 Å². The molecule has 0 atom stereocenters. The Morgan fingerprint density at radius 1 is 1.06 bits per heavy atom. The summed E-state index contributed by atoms with van der Waals surface area (Å²) in [5, 5.41) is 15.1. The SMILES string of the molecule is COc1cc(NC(=O)c2cccc(NC3=NCCCCCC3)c2)ccc1CCC(=O)O. The van der Waals surface area contributed by atoms with E-state index in [1.54, 1.807) is 24.3 Å². The fourth-order valence-electron chi connectivity index (χ4n) is 3.53. The number of nitrogens with one attached hydrogen (secondary N) is 2. The van der Waals surface area contributed by atoms with Crippen molar-refractivity contribution in [2.24, 2.45) is 4.99 Å². The van der Waals surface area contributed by atoms with Gasteiger partial charge in [-0.2, -0.15) is 0 Å². The lowest BCUT2D eigenvalue weighted by Gasteiger charge is -2.14. The lowest BCUT2D eigenvalue weighted by atomic mass is 10.1. The number of amides is 1. The predicted octanol–water partition coefficient (Wildman–Crippen LogP) is 4.74. The number of hydrogen-bond donors (Lipinski definition) is 3. The molecule has 0 bridgehead atoms. The van der Waals surface area contributed by atoms with Gasteiger partial charge in [-0.15, -0.1) is 0 Å². The van der Waals surface area contributed by atoms with Crippen LogP contribution in [0.4, 0.5) is 11.4 Å². The third-order valence-electron chi connectivity index (χ3n) is 5.19. The Kier molecular flexibility index (Phi) is 8.04. The average molecular weight is 424 g/mol. The lowest BCUT2D eigenvalue weighted by Crippen LogP contribution is -2.16. The minimum Gasteiger partial charge on any atom is -0.496 e. The zero-order chi connectivity index (χ0) is 22.1. The molecule has 7 nitrogen and oxygen atoms in total. The van der Waals surface area contributed by atoms with E-state index in [-0.39, 0.29) is 12.3 Å². The van der Waals surface area contributed by atoms with Crippen LogP contribution in [0.5, 0.6) is 5.75 Å². The van der Waals surface area contributed by atoms with Crippen LogP contribution in [0.3, 0.4) is 0 Å². The second-order valence-electron chi connectivity index (χ2n) is 7.57. The Labute approximate surface area is 182 Å². The molecule has 1 aliphatic rings. The topological polar surface area (TPSA) is 100 Å². The number of carboxylic acid groups (broad SMARTS) is 1. The minimum absolute atomic E-state index is 0.0210. The average Bonchev–Trinajstić information content (AvgIpc) is 2.74. The molecule has 1 heterocycles. The molecule has 0 fully saturated rings. The van der Waals surface area contributed by atoms with Gasteiger partial charge in [0.05, 0.1) is 7.11 Å². The summed E-state index contributed by atoms with van der Waals surface area (Å²) in [4.78, 5) is 28.2. The zero-order valence-electron chi connectivity index (χ0n) is 17.8. The molecule has 0 aliphatic carbocycles. The monoisotopic (exact) mass is 423 g/mol. The van der Waals surface area contributed by atoms with E-state index in [1.807, 2.05) is 18.2 Å². The van der Waals surface area contributed by atoms with Gasteiger partial charge in [0.2, 0.25) is 0 Å². The van der Waals surface area contributed by atoms with E-state index in [4.69, 9.17) is 9.84 Å². The van der Waals surface area contributed by atoms with E-state index in [2.05, 4.69) is 15.6 Å². The number of methoxy groups -OCH3 is 1. The maximum atomic E-state index is 12.8. The van der Waals surface area contributed by atoms with Crippen molar-refractivity contribution in [3.8, 4) is 5.75 Å². The molecule has 31 heavy (non-hydrogen) atoms. The normalized spacial score (nSPS) is 14.0. The summed E-state index contributed by atoms with van der Waals surface area (Å²) < 4.78 is 5.36. The van der Waals surface area contributed by atoms with E-state index in [0.29, 0.717) is 23.4 Å². The molecule has 0 saturated carbocycles. The van der Waals surface area contributed by atoms with E-state index in [0.717, 1.165) is 42.9 Å². The van der Waals surface area contributed by atoms with Crippen LogP contribution >= 0.6 is 0 Å². The van der Waals surface area contributed by atoms with Gasteiger partial charge < -0.3 is 20.5 Å². The third kappa shape index (κ3) is 6.84. The maximum Gasteiger partial charge on any atom is 0.303 e. The van der Waals surface area contributed by atoms with E-state index in [9.17, 15) is 9.59 Å². The van der Waals surface area contributed by atoms with Gasteiger partial charge in [-0.25, -0.2) is 0 Å². The molecule has 1 amide bonds. The van der Waals surface area contributed by atoms with Crippen molar-refractivity contribution in [1.29, 1.82) is 0 Å². The van der Waals surface area contributed by atoms with Gasteiger partial charge in [-0.3, -0.25) is 14.6 Å². The quantitative estimate of drug-likeness (QED) is 0.597. The number of anilines is 2. The Hall–Kier alpha value is -3.35. The molecule has 2 aromatic carbocycles. The number of benzene rings is 2. The van der Waals surface area contributed by atoms with Gasteiger partial charge in [-0.05, 0) is 49.1 Å². The standard InChI is InChI=1S/C24H29N3O4/c1-31-21-16-20(12-10-17(21)11-13-23(28)29)27-24(30)18-7-6-8-19(15-18)26-22-9-4-2-3-5-14-25-22/h6-8,10,12,15-16H,2-5,9,11,13-14H2,1H3,(H,25,26)(H,27,30)(H,28,29). The van der Waals surface area contributed by atoms with Crippen LogP contribution in [0.1, 0.15) is 54.4 Å². The van der Waals surface area contributed by atoms with Crippen molar-refractivity contribution in [3.63, 3.8) is 0 Å². The molecule has 0 spiro atoms. The summed E-state index contributed by atoms with van der Waals surface area (Å²) in [6, 6.07) is 12.6. The Morgan fingerprint density at radius 2 is 1.90 bits per heavy atom. The molecule has 3 rings (SSSR count). The van der Waals surface area contributed by atoms with Crippen LogP contribution in [-0.2, 0) is 11.2 Å². The number of aliphatic imine (C=N–C) groups is 1. The molecule has 164 valence electrons. The number of aliphatic carboxylic acids is 1. The Bertz CT molecular complexity index is 956. The number of nitrogens with zero attached hydrogens (tertiary/aromatic N) is 1. The van der Waals surface area contributed by atoms with Gasteiger partial charge in [0.15, 0.2) is 0 Å². The van der Waals surface area contributed by atoms with Crippen LogP contribution in [0, 0.1) is 0 Å². The molecular formula is C24H29N3O4. The van der Waals surface area contributed by atoms with Crippen LogP contribution in [0.15, 0.2) is 47.5 Å². The number of ether oxygens (including phenoxy) is 1. The predicted molar refractivity (Wildman–Crippen MR) is 122 cm³/mol. The molecule has 2 aromatic rings. The van der Waals surface area contributed by atoms with Gasteiger partial charge in [0, 0.05) is 42.4 Å². The third-order valence-corrected chi connectivity index (χ3v) is 5.19. The molecule has 7 heteroatoms. The largest absolute Gasteiger partial charge is 0.496 e. The van der Waals surface area contributed by atoms with Crippen molar-refractivity contribution < 1.29 is 19.4 Å². The summed E-state index contributed by atoms with van der Waals surface area (Å²) in [6.07, 6.45) is 6.00. The first-order valence-electron chi connectivity index (χ1n) is 10.7. The minimum atomic E-state index is -0.863. The number of carboxylic acids is 1. The molecule has 0 aromatic heterocycles. The maximum absolute atomic E-state index is 12.8. The fraction of sp³-hybridized carbons (Fsp3) is 0.375. The zero-order valence-corrected chi connectivity index (χ0v) is 17.8. The molecule has 1 aliphatic heterocycles. The van der Waals surface area contributed by atoms with Crippen LogP contribution in [-0.4, -0.2) is 36.5 Å². The summed E-state index contributed by atoms with van der Waals surface area (Å²) in [6.45, 7) is 0.840. The van der Waals surface area contributed by atoms with E-state index in [1.165, 1.54) is 20.0 Å². The number of amidine groups is 1. The summed E-state index contributed by atoms with van der Waals surface area (Å²) in [5.74, 6) is 0.428. The summed E-state index contributed by atoms with van der Waals surface area (Å²) in [7, 11) is 1.53. The van der Waals surface area contributed by atoms with Gasteiger partial charge in [0.25, 0.3) is 5.91 Å². The highest BCUT2D eigenvalue weighted by Gasteiger charge is 2.11. The number of rotatable bonds is 7. The van der Waals surface area contributed by atoms with Crippen molar-refractivity contribution in [3.05, 3.63) is 53.6 Å². The highest BCUT2D eigenvalue weighted by Crippen LogP contribution is 2.25. The van der Waals surface area contributed by atoms with Crippen LogP contribution < -0.4 is 15.4 Å². The smallest absolute Gasteiger partial charge is 0.303 e. The van der Waals surface area contributed by atoms with Crippen molar-refractivity contribution in [2.75, 3.05) is 24.3 Å². The second kappa shape index (κ2) is 11.2. The van der Waals surface area contributed by atoms with Crippen LogP contribution in [0.2, 0.25) is 0 Å². The fourth-order valence-corrected chi connectivity index (χ4v) is 3.53. The molecule has 0 saturated heterocycles. The highest BCUT2D eigenvalue weighted by molar-refractivity contribution is 6.05. The number of aryl methyl sites for hydroxylation is 1. The van der Waals surface area contributed by atoms with Crippen molar-refractivity contribution in [2.45, 2.75) is 44.9 Å². The van der Waals surface area contributed by atoms with Gasteiger partial charge in [-0.1, -0.05) is 25.0 Å². The summed E-state index contributed by atoms with van der Waals surface area (Å²) >= 11 is 0. The van der Waals surface area contributed by atoms with E-state index < -0.39 is 5.97 Å². The second-order valence-corrected chi connectivity index (χ2v) is 7.57. The van der Waals surface area contributed by atoms with Crippen LogP contribution in [0.25, 0.3) is 0 Å². The van der Waals surface area contributed by atoms with Gasteiger partial charge >= 0.3 is 5.97 Å². The first kappa shape index (κ1) is 22.3. The summed E-state index contributed by atoms with van der Waals surface area (Å²) in [5.41, 5.74) is 2.75. The molecule has 3 N–H and O–H groups in total. The first-order chi connectivity index (χ1) is 15.0. The lowest BCUT2D eigenvalue weighted by molar-refractivity contribution is -0.136. The Balaban J connectivity index is 1.67. The van der Waals surface area contributed by atoms with Crippen molar-refractivity contribution in [1.82, 2.24) is 0 Å². The highest BCUT2D eigenvalue weighted by atomic mass is 16.5. The Morgan fingerprint density at radius 3 is 2.71 bits per heavy atom. The molecular weight excluding hydrogens is 394 g/mol. The van der Waals surface area contributed by atoms with E-state index >= 15 is 0 Å².